The summed E-state index contributed by atoms with van der Waals surface area (Å²) >= 11 is 0. The highest BCUT2D eigenvalue weighted by Crippen LogP contribution is 2.22. The van der Waals surface area contributed by atoms with E-state index in [2.05, 4.69) is 14.9 Å². The van der Waals surface area contributed by atoms with E-state index in [9.17, 15) is 9.59 Å². The Bertz CT molecular complexity index is 1050. The number of nitrogens with zero attached hydrogens (tertiary/aromatic N) is 2. The number of para-hydroxylation sites is 1. The summed E-state index contributed by atoms with van der Waals surface area (Å²) in [5, 5.41) is 0.636. The standard InChI is InChI=1S/C24H27N3O2/c1-17-8-10-18(11-9-17)23(28)19-12-15-27(16-13-19)14-4-7-22-25-21-6-3-2-5-20(21)24(29)26-22/h2-3,5-6,8-11,19H,4,7,12-16H2,1H3,(H,25,26,29). The van der Waals surface area contributed by atoms with Crippen LogP contribution in [0.2, 0.25) is 0 Å². The van der Waals surface area contributed by atoms with Crippen molar-refractivity contribution in [2.24, 2.45) is 5.92 Å². The third-order valence-electron chi connectivity index (χ3n) is 5.84. The second-order valence-corrected chi connectivity index (χ2v) is 7.98. The summed E-state index contributed by atoms with van der Waals surface area (Å²) < 4.78 is 0. The van der Waals surface area contributed by atoms with Crippen molar-refractivity contribution in [1.29, 1.82) is 0 Å². The van der Waals surface area contributed by atoms with Crippen molar-refractivity contribution in [2.75, 3.05) is 19.6 Å². The molecule has 1 aliphatic rings. The molecule has 0 amide bonds. The maximum atomic E-state index is 12.7. The molecule has 0 unspecified atom stereocenters. The zero-order valence-electron chi connectivity index (χ0n) is 16.9. The fraction of sp³-hybridized carbons (Fsp3) is 0.375. The number of piperidine rings is 1. The molecule has 3 aromatic rings. The molecule has 150 valence electrons. The zero-order chi connectivity index (χ0) is 20.2. The van der Waals surface area contributed by atoms with E-state index in [4.69, 9.17) is 0 Å². The van der Waals surface area contributed by atoms with Crippen molar-refractivity contribution in [3.63, 3.8) is 0 Å². The molecule has 1 N–H and O–H groups in total. The SMILES string of the molecule is Cc1ccc(C(=O)C2CCN(CCCc3nc4ccccc4c(=O)[nH]3)CC2)cc1. The van der Waals surface area contributed by atoms with E-state index in [0.717, 1.165) is 62.2 Å². The molecule has 1 aliphatic heterocycles. The number of aryl methyl sites for hydroxylation is 2. The van der Waals surface area contributed by atoms with Crippen LogP contribution in [0.4, 0.5) is 0 Å². The first-order valence-electron chi connectivity index (χ1n) is 10.4. The van der Waals surface area contributed by atoms with E-state index >= 15 is 0 Å². The van der Waals surface area contributed by atoms with Gasteiger partial charge >= 0.3 is 0 Å². The van der Waals surface area contributed by atoms with Gasteiger partial charge in [0.2, 0.25) is 0 Å². The van der Waals surface area contributed by atoms with Gasteiger partial charge in [0.05, 0.1) is 10.9 Å². The number of aromatic nitrogens is 2. The van der Waals surface area contributed by atoms with E-state index < -0.39 is 0 Å². The summed E-state index contributed by atoms with van der Waals surface area (Å²) in [7, 11) is 0. The maximum Gasteiger partial charge on any atom is 0.258 e. The van der Waals surface area contributed by atoms with Crippen LogP contribution in [0.25, 0.3) is 10.9 Å². The molecule has 2 heterocycles. The molecule has 5 heteroatoms. The fourth-order valence-electron chi connectivity index (χ4n) is 4.10. The Hall–Kier alpha value is -2.79. The number of Topliss-reactive ketones (excluding diaryl/α,β-unsaturated/α-hetero) is 1. The number of fused-ring (bicyclic) bond motifs is 1. The lowest BCUT2D eigenvalue weighted by Crippen LogP contribution is -2.37. The van der Waals surface area contributed by atoms with Gasteiger partial charge in [0.15, 0.2) is 5.78 Å². The molecular weight excluding hydrogens is 362 g/mol. The minimum atomic E-state index is -0.0685. The van der Waals surface area contributed by atoms with Crippen LogP contribution in [0, 0.1) is 12.8 Å². The van der Waals surface area contributed by atoms with Gasteiger partial charge in [-0.05, 0) is 58.0 Å². The molecule has 29 heavy (non-hydrogen) atoms. The molecule has 1 fully saturated rings. The van der Waals surface area contributed by atoms with Crippen LogP contribution in [0.5, 0.6) is 0 Å². The van der Waals surface area contributed by atoms with Gasteiger partial charge in [-0.3, -0.25) is 9.59 Å². The third-order valence-corrected chi connectivity index (χ3v) is 5.84. The number of benzene rings is 2. The number of rotatable bonds is 6. The van der Waals surface area contributed by atoms with Crippen molar-refractivity contribution in [1.82, 2.24) is 14.9 Å². The monoisotopic (exact) mass is 389 g/mol. The fourth-order valence-corrected chi connectivity index (χ4v) is 4.10. The highest BCUT2D eigenvalue weighted by molar-refractivity contribution is 5.97. The van der Waals surface area contributed by atoms with Crippen molar-refractivity contribution in [3.05, 3.63) is 75.8 Å². The quantitative estimate of drug-likeness (QED) is 0.652. The molecule has 1 aromatic heterocycles. The van der Waals surface area contributed by atoms with Gasteiger partial charge in [-0.1, -0.05) is 42.0 Å². The van der Waals surface area contributed by atoms with Crippen LogP contribution in [0.1, 0.15) is 41.0 Å². The summed E-state index contributed by atoms with van der Waals surface area (Å²) in [6, 6.07) is 15.3. The van der Waals surface area contributed by atoms with Gasteiger partial charge in [-0.2, -0.15) is 0 Å². The Kier molecular flexibility index (Phi) is 5.86. The molecule has 2 aromatic carbocycles. The number of ketones is 1. The van der Waals surface area contributed by atoms with Crippen molar-refractivity contribution in [2.45, 2.75) is 32.6 Å². The van der Waals surface area contributed by atoms with Crippen LogP contribution in [0.3, 0.4) is 0 Å². The summed E-state index contributed by atoms with van der Waals surface area (Å²) in [4.78, 5) is 34.7. The zero-order valence-corrected chi connectivity index (χ0v) is 16.9. The normalized spacial score (nSPS) is 15.6. The van der Waals surface area contributed by atoms with Crippen molar-refractivity contribution >= 4 is 16.7 Å². The summed E-state index contributed by atoms with van der Waals surface area (Å²) in [5.41, 5.74) is 2.70. The molecule has 0 bridgehead atoms. The third kappa shape index (κ3) is 4.62. The minimum absolute atomic E-state index is 0.0685. The average Bonchev–Trinajstić information content (AvgIpc) is 2.74. The first kappa shape index (κ1) is 19.5. The average molecular weight is 389 g/mol. The number of carbonyl (C=O) groups excluding carboxylic acids is 1. The minimum Gasteiger partial charge on any atom is -0.310 e. The second-order valence-electron chi connectivity index (χ2n) is 7.98. The topological polar surface area (TPSA) is 66.1 Å². The number of hydrogen-bond donors (Lipinski definition) is 1. The Morgan fingerprint density at radius 1 is 1.10 bits per heavy atom. The van der Waals surface area contributed by atoms with Gasteiger partial charge < -0.3 is 9.88 Å². The molecule has 0 spiro atoms. The maximum absolute atomic E-state index is 12.7. The molecule has 0 aliphatic carbocycles. The summed E-state index contributed by atoms with van der Waals surface area (Å²) in [6.07, 6.45) is 3.52. The lowest BCUT2D eigenvalue weighted by Gasteiger charge is -2.31. The highest BCUT2D eigenvalue weighted by Gasteiger charge is 2.25. The molecule has 0 radical (unpaired) electrons. The Balaban J connectivity index is 1.27. The van der Waals surface area contributed by atoms with Crippen LogP contribution in [-0.4, -0.2) is 40.3 Å². The first-order chi connectivity index (χ1) is 14.1. The molecule has 1 saturated heterocycles. The number of carbonyl (C=O) groups is 1. The van der Waals surface area contributed by atoms with E-state index in [1.807, 2.05) is 49.4 Å². The van der Waals surface area contributed by atoms with Gasteiger partial charge in [-0.25, -0.2) is 4.98 Å². The molecule has 0 saturated carbocycles. The van der Waals surface area contributed by atoms with E-state index in [-0.39, 0.29) is 17.3 Å². The van der Waals surface area contributed by atoms with Crippen LogP contribution in [0.15, 0.2) is 53.3 Å². The number of aromatic amines is 1. The molecule has 0 atom stereocenters. The van der Waals surface area contributed by atoms with Gasteiger partial charge in [0.25, 0.3) is 5.56 Å². The highest BCUT2D eigenvalue weighted by atomic mass is 16.1. The lowest BCUT2D eigenvalue weighted by atomic mass is 9.88. The predicted octanol–water partition coefficient (Wildman–Crippen LogP) is 3.76. The van der Waals surface area contributed by atoms with Crippen LogP contribution in [-0.2, 0) is 6.42 Å². The largest absolute Gasteiger partial charge is 0.310 e. The van der Waals surface area contributed by atoms with E-state index in [1.54, 1.807) is 6.07 Å². The number of likely N-dealkylation sites (tertiary alicyclic amines) is 1. The summed E-state index contributed by atoms with van der Waals surface area (Å²) in [6.45, 7) is 4.89. The van der Waals surface area contributed by atoms with Gasteiger partial charge in [0.1, 0.15) is 5.82 Å². The van der Waals surface area contributed by atoms with Gasteiger partial charge in [-0.15, -0.1) is 0 Å². The number of H-pyrrole nitrogens is 1. The molecule has 5 nitrogen and oxygen atoms in total. The van der Waals surface area contributed by atoms with Crippen LogP contribution < -0.4 is 5.56 Å². The van der Waals surface area contributed by atoms with Crippen LogP contribution >= 0.6 is 0 Å². The summed E-state index contributed by atoms with van der Waals surface area (Å²) in [5.74, 6) is 1.16. The molecule has 4 rings (SSSR count). The Labute approximate surface area is 170 Å². The number of hydrogen-bond acceptors (Lipinski definition) is 4. The Morgan fingerprint density at radius 3 is 2.59 bits per heavy atom. The Morgan fingerprint density at radius 2 is 1.83 bits per heavy atom. The van der Waals surface area contributed by atoms with Crippen molar-refractivity contribution in [3.8, 4) is 0 Å². The van der Waals surface area contributed by atoms with E-state index in [1.165, 1.54) is 5.56 Å². The lowest BCUT2D eigenvalue weighted by molar-refractivity contribution is 0.0839. The van der Waals surface area contributed by atoms with Gasteiger partial charge in [0, 0.05) is 17.9 Å². The van der Waals surface area contributed by atoms with Crippen molar-refractivity contribution < 1.29 is 4.79 Å². The van der Waals surface area contributed by atoms with E-state index in [0.29, 0.717) is 5.39 Å². The molecular formula is C24H27N3O2. The number of nitrogens with one attached hydrogen (secondary N) is 1. The first-order valence-corrected chi connectivity index (χ1v) is 10.4. The predicted molar refractivity (Wildman–Crippen MR) is 115 cm³/mol. The second kappa shape index (κ2) is 8.70. The smallest absolute Gasteiger partial charge is 0.258 e.